The van der Waals surface area contributed by atoms with Crippen molar-refractivity contribution in [1.29, 1.82) is 0 Å². The van der Waals surface area contributed by atoms with Crippen molar-refractivity contribution in [2.45, 2.75) is 31.3 Å². The van der Waals surface area contributed by atoms with Crippen molar-refractivity contribution in [2.24, 2.45) is 0 Å². The van der Waals surface area contributed by atoms with E-state index < -0.39 is 22.4 Å². The van der Waals surface area contributed by atoms with Crippen LogP contribution in [-0.4, -0.2) is 44.6 Å². The predicted octanol–water partition coefficient (Wildman–Crippen LogP) is 1.00. The molecule has 7 heteroatoms. The van der Waals surface area contributed by atoms with E-state index in [0.29, 0.717) is 13.1 Å². The normalized spacial score (nSPS) is 16.5. The van der Waals surface area contributed by atoms with Crippen LogP contribution in [0.25, 0.3) is 0 Å². The Bertz CT molecular complexity index is 598. The third-order valence-electron chi connectivity index (χ3n) is 3.70. The molecule has 0 aliphatic carbocycles. The molecule has 1 aromatic carbocycles. The molecule has 118 valence electrons. The van der Waals surface area contributed by atoms with E-state index in [2.05, 4.69) is 9.62 Å². The lowest BCUT2D eigenvalue weighted by molar-refractivity contribution is 0.275. The Labute approximate surface area is 124 Å². The van der Waals surface area contributed by atoms with Crippen LogP contribution < -0.4 is 4.72 Å². The van der Waals surface area contributed by atoms with Crippen LogP contribution >= 0.6 is 0 Å². The summed E-state index contributed by atoms with van der Waals surface area (Å²) < 4.78 is 40.6. The fraction of sp³-hybridized carbons (Fsp3) is 0.571. The highest BCUT2D eigenvalue weighted by Crippen LogP contribution is 2.19. The Balaban J connectivity index is 2.06. The molecular formula is C14H21FN2O3S. The summed E-state index contributed by atoms with van der Waals surface area (Å²) in [6.45, 7) is 3.97. The van der Waals surface area contributed by atoms with Crippen molar-refractivity contribution in [3.05, 3.63) is 29.1 Å². The Morgan fingerprint density at radius 3 is 2.62 bits per heavy atom. The van der Waals surface area contributed by atoms with Crippen LogP contribution in [0, 0.1) is 12.7 Å². The number of aryl methyl sites for hydroxylation is 1. The topological polar surface area (TPSA) is 69.6 Å². The predicted molar refractivity (Wildman–Crippen MR) is 77.9 cm³/mol. The summed E-state index contributed by atoms with van der Waals surface area (Å²) in [7, 11) is -3.68. The minimum absolute atomic E-state index is 0.00471. The molecule has 0 unspecified atom stereocenters. The molecule has 1 fully saturated rings. The van der Waals surface area contributed by atoms with E-state index >= 15 is 0 Å². The van der Waals surface area contributed by atoms with Crippen molar-refractivity contribution in [3.63, 3.8) is 0 Å². The lowest BCUT2D eigenvalue weighted by Gasteiger charge is -2.15. The maximum Gasteiger partial charge on any atom is 0.240 e. The van der Waals surface area contributed by atoms with Crippen LogP contribution in [0.4, 0.5) is 4.39 Å². The minimum atomic E-state index is -3.68. The first kappa shape index (κ1) is 16.4. The van der Waals surface area contributed by atoms with Gasteiger partial charge in [0.1, 0.15) is 5.82 Å². The molecule has 0 radical (unpaired) electrons. The highest BCUT2D eigenvalue weighted by Gasteiger charge is 2.18. The van der Waals surface area contributed by atoms with E-state index in [4.69, 9.17) is 5.11 Å². The summed E-state index contributed by atoms with van der Waals surface area (Å²) in [6, 6.07) is 2.47. The molecule has 0 saturated carbocycles. The van der Waals surface area contributed by atoms with E-state index in [1.54, 1.807) is 0 Å². The summed E-state index contributed by atoms with van der Waals surface area (Å²) in [4.78, 5) is 2.20. The van der Waals surface area contributed by atoms with Crippen LogP contribution in [0.2, 0.25) is 0 Å². The van der Waals surface area contributed by atoms with Crippen LogP contribution in [0.1, 0.15) is 24.0 Å². The summed E-state index contributed by atoms with van der Waals surface area (Å²) in [6.07, 6.45) is 2.31. The molecule has 1 heterocycles. The fourth-order valence-corrected chi connectivity index (χ4v) is 3.66. The number of aliphatic hydroxyl groups is 1. The maximum atomic E-state index is 13.6. The molecule has 21 heavy (non-hydrogen) atoms. The van der Waals surface area contributed by atoms with Crippen LogP contribution in [0.5, 0.6) is 0 Å². The average molecular weight is 316 g/mol. The number of nitrogens with zero attached hydrogens (tertiary/aromatic N) is 1. The first-order valence-corrected chi connectivity index (χ1v) is 8.54. The third kappa shape index (κ3) is 4.00. The molecule has 1 aliphatic heterocycles. The van der Waals surface area contributed by atoms with E-state index in [1.807, 2.05) is 0 Å². The quantitative estimate of drug-likeness (QED) is 0.821. The van der Waals surface area contributed by atoms with Crippen LogP contribution in [0.15, 0.2) is 17.0 Å². The second-order valence-corrected chi connectivity index (χ2v) is 7.08. The molecule has 1 aliphatic rings. The van der Waals surface area contributed by atoms with Gasteiger partial charge in [-0.25, -0.2) is 17.5 Å². The molecular weight excluding hydrogens is 295 g/mol. The second kappa shape index (κ2) is 6.83. The Morgan fingerprint density at radius 2 is 2.00 bits per heavy atom. The number of likely N-dealkylation sites (tertiary alicyclic amines) is 1. The van der Waals surface area contributed by atoms with E-state index in [0.717, 1.165) is 25.9 Å². The van der Waals surface area contributed by atoms with Crippen molar-refractivity contribution in [3.8, 4) is 0 Å². The zero-order valence-electron chi connectivity index (χ0n) is 12.1. The van der Waals surface area contributed by atoms with Gasteiger partial charge in [0.05, 0.1) is 11.5 Å². The van der Waals surface area contributed by atoms with Crippen LogP contribution in [0.3, 0.4) is 0 Å². The van der Waals surface area contributed by atoms with Gasteiger partial charge in [-0.3, -0.25) is 0 Å². The molecule has 0 atom stereocenters. The number of halogens is 1. The van der Waals surface area contributed by atoms with Crippen molar-refractivity contribution in [2.75, 3.05) is 26.2 Å². The van der Waals surface area contributed by atoms with Gasteiger partial charge in [-0.05, 0) is 50.6 Å². The number of aliphatic hydroxyl groups excluding tert-OH is 1. The SMILES string of the molecule is Cc1cc(S(=O)(=O)NCCN2CCCC2)cc(CO)c1F. The smallest absolute Gasteiger partial charge is 0.240 e. The molecule has 2 N–H and O–H groups in total. The number of sulfonamides is 1. The van der Waals surface area contributed by atoms with E-state index in [1.165, 1.54) is 19.1 Å². The molecule has 2 rings (SSSR count). The fourth-order valence-electron chi connectivity index (χ4n) is 2.50. The zero-order chi connectivity index (χ0) is 15.5. The Morgan fingerprint density at radius 1 is 1.33 bits per heavy atom. The lowest BCUT2D eigenvalue weighted by atomic mass is 10.1. The van der Waals surface area contributed by atoms with Gasteiger partial charge in [-0.2, -0.15) is 0 Å². The maximum absolute atomic E-state index is 13.6. The number of hydrogen-bond acceptors (Lipinski definition) is 4. The average Bonchev–Trinajstić information content (AvgIpc) is 2.94. The minimum Gasteiger partial charge on any atom is -0.392 e. The van der Waals surface area contributed by atoms with Gasteiger partial charge >= 0.3 is 0 Å². The highest BCUT2D eigenvalue weighted by molar-refractivity contribution is 7.89. The molecule has 0 spiro atoms. The van der Waals surface area contributed by atoms with Gasteiger partial charge in [0.2, 0.25) is 10.0 Å². The van der Waals surface area contributed by atoms with Gasteiger partial charge in [0, 0.05) is 18.7 Å². The van der Waals surface area contributed by atoms with Crippen molar-refractivity contribution >= 4 is 10.0 Å². The van der Waals surface area contributed by atoms with Gasteiger partial charge in [0.15, 0.2) is 0 Å². The van der Waals surface area contributed by atoms with Crippen LogP contribution in [-0.2, 0) is 16.6 Å². The number of rotatable bonds is 6. The number of hydrogen-bond donors (Lipinski definition) is 2. The largest absolute Gasteiger partial charge is 0.392 e. The molecule has 0 bridgehead atoms. The highest BCUT2D eigenvalue weighted by atomic mass is 32.2. The standard InChI is InChI=1S/C14H21FN2O3S/c1-11-8-13(9-12(10-18)14(11)15)21(19,20)16-4-7-17-5-2-3-6-17/h8-9,16,18H,2-7,10H2,1H3. The van der Waals surface area contributed by atoms with Gasteiger partial charge in [-0.1, -0.05) is 0 Å². The first-order valence-electron chi connectivity index (χ1n) is 7.06. The third-order valence-corrected chi connectivity index (χ3v) is 5.14. The zero-order valence-corrected chi connectivity index (χ0v) is 12.9. The lowest BCUT2D eigenvalue weighted by Crippen LogP contribution is -2.33. The summed E-state index contributed by atoms with van der Waals surface area (Å²) in [5.74, 6) is -0.562. The van der Waals surface area contributed by atoms with Crippen molar-refractivity contribution in [1.82, 2.24) is 9.62 Å². The molecule has 1 saturated heterocycles. The first-order chi connectivity index (χ1) is 9.94. The van der Waals surface area contributed by atoms with Crippen molar-refractivity contribution < 1.29 is 17.9 Å². The van der Waals surface area contributed by atoms with E-state index in [-0.39, 0.29) is 16.0 Å². The summed E-state index contributed by atoms with van der Waals surface area (Å²) in [5.41, 5.74) is 0.205. The Kier molecular flexibility index (Phi) is 5.32. The molecule has 1 aromatic rings. The Hall–Kier alpha value is -1.02. The number of benzene rings is 1. The summed E-state index contributed by atoms with van der Waals surface area (Å²) in [5, 5.41) is 9.09. The molecule has 0 aromatic heterocycles. The molecule has 5 nitrogen and oxygen atoms in total. The van der Waals surface area contributed by atoms with Gasteiger partial charge in [-0.15, -0.1) is 0 Å². The van der Waals surface area contributed by atoms with E-state index in [9.17, 15) is 12.8 Å². The van der Waals surface area contributed by atoms with Gasteiger partial charge < -0.3 is 10.0 Å². The number of nitrogens with one attached hydrogen (secondary N) is 1. The summed E-state index contributed by atoms with van der Waals surface area (Å²) >= 11 is 0. The van der Waals surface area contributed by atoms with Gasteiger partial charge in [0.25, 0.3) is 0 Å². The molecule has 0 amide bonds. The second-order valence-electron chi connectivity index (χ2n) is 5.32. The monoisotopic (exact) mass is 316 g/mol.